The Labute approximate surface area is 177 Å². The van der Waals surface area contributed by atoms with Crippen LogP contribution in [0.25, 0.3) is 0 Å². The lowest BCUT2D eigenvalue weighted by atomic mass is 10.1. The number of morpholine rings is 1. The van der Waals surface area contributed by atoms with Gasteiger partial charge in [-0.1, -0.05) is 0 Å². The molecule has 0 spiro atoms. The van der Waals surface area contributed by atoms with Crippen molar-refractivity contribution in [3.63, 3.8) is 0 Å². The highest BCUT2D eigenvalue weighted by molar-refractivity contribution is 5.94. The van der Waals surface area contributed by atoms with E-state index in [1.165, 1.54) is 0 Å². The fraction of sp³-hybridized carbons (Fsp3) is 0.450. The van der Waals surface area contributed by atoms with E-state index in [1.54, 1.807) is 9.58 Å². The van der Waals surface area contributed by atoms with Gasteiger partial charge in [0.25, 0.3) is 5.91 Å². The molecule has 3 amide bonds. The number of halogens is 2. The van der Waals surface area contributed by atoms with Crippen molar-refractivity contribution in [1.82, 2.24) is 20.0 Å². The molecule has 0 bridgehead atoms. The molecule has 2 aliphatic rings. The minimum Gasteiger partial charge on any atom is -0.378 e. The Morgan fingerprint density at radius 3 is 2.74 bits per heavy atom. The second kappa shape index (κ2) is 9.40. The SMILES string of the molecule is O=C(NCCn1nc(C(=O)N2CCOCC2)c2c1CCOC2)Nc1cc(F)ccc1F. The number of nitrogens with one attached hydrogen (secondary N) is 2. The molecule has 1 saturated heterocycles. The van der Waals surface area contributed by atoms with E-state index in [9.17, 15) is 18.4 Å². The van der Waals surface area contributed by atoms with Crippen LogP contribution < -0.4 is 10.6 Å². The van der Waals surface area contributed by atoms with Gasteiger partial charge in [0, 0.05) is 43.4 Å². The largest absolute Gasteiger partial charge is 0.378 e. The molecule has 2 aliphatic heterocycles. The summed E-state index contributed by atoms with van der Waals surface area (Å²) < 4.78 is 39.4. The first-order valence-electron chi connectivity index (χ1n) is 10.1. The quantitative estimate of drug-likeness (QED) is 0.743. The van der Waals surface area contributed by atoms with Gasteiger partial charge in [-0.05, 0) is 12.1 Å². The number of ether oxygens (including phenoxy) is 2. The van der Waals surface area contributed by atoms with Crippen LogP contribution >= 0.6 is 0 Å². The molecular weight excluding hydrogens is 412 g/mol. The standard InChI is InChI=1S/C20H23F2N5O4/c21-13-1-2-15(22)16(11-13)24-20(29)23-4-5-27-17-3-8-31-12-14(17)18(25-27)19(28)26-6-9-30-10-7-26/h1-2,11H,3-10,12H2,(H2,23,24,29). The molecule has 2 aromatic rings. The van der Waals surface area contributed by atoms with Gasteiger partial charge in [-0.25, -0.2) is 13.6 Å². The molecule has 1 fully saturated rings. The van der Waals surface area contributed by atoms with E-state index in [-0.39, 0.29) is 18.1 Å². The Hall–Kier alpha value is -3.05. The first-order valence-corrected chi connectivity index (χ1v) is 10.1. The summed E-state index contributed by atoms with van der Waals surface area (Å²) in [4.78, 5) is 26.7. The summed E-state index contributed by atoms with van der Waals surface area (Å²) in [6.07, 6.45) is 0.611. The molecule has 11 heteroatoms. The summed E-state index contributed by atoms with van der Waals surface area (Å²) in [7, 11) is 0. The Kier molecular flexibility index (Phi) is 6.42. The number of nitrogens with zero attached hydrogens (tertiary/aromatic N) is 3. The van der Waals surface area contributed by atoms with Gasteiger partial charge in [0.15, 0.2) is 5.69 Å². The van der Waals surface area contributed by atoms with E-state index < -0.39 is 17.7 Å². The van der Waals surface area contributed by atoms with Gasteiger partial charge in [-0.2, -0.15) is 5.10 Å². The monoisotopic (exact) mass is 435 g/mol. The Bertz CT molecular complexity index is 975. The molecule has 1 aromatic carbocycles. The predicted molar refractivity (Wildman–Crippen MR) is 106 cm³/mol. The van der Waals surface area contributed by atoms with Crippen molar-refractivity contribution >= 4 is 17.6 Å². The van der Waals surface area contributed by atoms with Crippen LogP contribution in [0.3, 0.4) is 0 Å². The highest BCUT2D eigenvalue weighted by Crippen LogP contribution is 2.22. The van der Waals surface area contributed by atoms with Gasteiger partial charge in [0.1, 0.15) is 11.6 Å². The van der Waals surface area contributed by atoms with Crippen molar-refractivity contribution in [2.75, 3.05) is 44.8 Å². The molecular formula is C20H23F2N5O4. The van der Waals surface area contributed by atoms with Crippen LogP contribution in [0.2, 0.25) is 0 Å². The van der Waals surface area contributed by atoms with E-state index in [0.717, 1.165) is 29.5 Å². The normalized spacial score (nSPS) is 16.0. The fourth-order valence-electron chi connectivity index (χ4n) is 3.62. The zero-order valence-electron chi connectivity index (χ0n) is 16.8. The van der Waals surface area contributed by atoms with Crippen molar-refractivity contribution in [1.29, 1.82) is 0 Å². The summed E-state index contributed by atoms with van der Waals surface area (Å²) in [5.74, 6) is -1.54. The lowest BCUT2D eigenvalue weighted by molar-refractivity contribution is 0.0294. The van der Waals surface area contributed by atoms with Gasteiger partial charge >= 0.3 is 6.03 Å². The van der Waals surface area contributed by atoms with Crippen LogP contribution in [0.1, 0.15) is 21.7 Å². The van der Waals surface area contributed by atoms with Gasteiger partial charge in [-0.3, -0.25) is 9.48 Å². The van der Waals surface area contributed by atoms with E-state index in [2.05, 4.69) is 15.7 Å². The first-order chi connectivity index (χ1) is 15.0. The van der Waals surface area contributed by atoms with Crippen molar-refractivity contribution in [3.05, 3.63) is 46.8 Å². The maximum atomic E-state index is 13.7. The third-order valence-electron chi connectivity index (χ3n) is 5.18. The summed E-state index contributed by atoms with van der Waals surface area (Å²) in [6.45, 7) is 3.36. The van der Waals surface area contributed by atoms with Crippen molar-refractivity contribution in [2.45, 2.75) is 19.6 Å². The summed E-state index contributed by atoms with van der Waals surface area (Å²) >= 11 is 0. The number of urea groups is 1. The maximum absolute atomic E-state index is 13.7. The lowest BCUT2D eigenvalue weighted by Gasteiger charge is -2.26. The molecule has 0 radical (unpaired) electrons. The van der Waals surface area contributed by atoms with Crippen LogP contribution in [-0.4, -0.2) is 66.1 Å². The molecule has 0 aliphatic carbocycles. The van der Waals surface area contributed by atoms with Crippen LogP contribution in [0.5, 0.6) is 0 Å². The second-order valence-corrected chi connectivity index (χ2v) is 7.21. The van der Waals surface area contributed by atoms with Crippen molar-refractivity contribution in [3.8, 4) is 0 Å². The van der Waals surface area contributed by atoms with Crippen LogP contribution in [0.15, 0.2) is 18.2 Å². The number of carbonyl (C=O) groups excluding carboxylic acids is 2. The minimum absolute atomic E-state index is 0.156. The number of aromatic nitrogens is 2. The highest BCUT2D eigenvalue weighted by Gasteiger charge is 2.29. The number of anilines is 1. The molecule has 2 N–H and O–H groups in total. The molecule has 31 heavy (non-hydrogen) atoms. The van der Waals surface area contributed by atoms with Crippen molar-refractivity contribution < 1.29 is 27.8 Å². The molecule has 166 valence electrons. The van der Waals surface area contributed by atoms with Crippen LogP contribution in [-0.2, 0) is 29.0 Å². The number of fused-ring (bicyclic) bond motifs is 1. The number of benzene rings is 1. The van der Waals surface area contributed by atoms with E-state index in [0.29, 0.717) is 58.2 Å². The number of rotatable bonds is 5. The molecule has 1 aromatic heterocycles. The fourth-order valence-corrected chi connectivity index (χ4v) is 3.62. The second-order valence-electron chi connectivity index (χ2n) is 7.21. The average molecular weight is 435 g/mol. The van der Waals surface area contributed by atoms with Gasteiger partial charge in [-0.15, -0.1) is 0 Å². The van der Waals surface area contributed by atoms with Crippen LogP contribution in [0.4, 0.5) is 19.3 Å². The molecule has 9 nitrogen and oxygen atoms in total. The molecule has 0 atom stereocenters. The maximum Gasteiger partial charge on any atom is 0.319 e. The number of hydrogen-bond donors (Lipinski definition) is 2. The smallest absolute Gasteiger partial charge is 0.319 e. The third kappa shape index (κ3) is 4.83. The van der Waals surface area contributed by atoms with Crippen LogP contribution in [0, 0.1) is 11.6 Å². The molecule has 0 unspecified atom stereocenters. The number of amides is 3. The summed E-state index contributed by atoms with van der Waals surface area (Å²) in [5, 5.41) is 9.37. The third-order valence-corrected chi connectivity index (χ3v) is 5.18. The lowest BCUT2D eigenvalue weighted by Crippen LogP contribution is -2.41. The van der Waals surface area contributed by atoms with E-state index in [1.807, 2.05) is 0 Å². The topological polar surface area (TPSA) is 97.7 Å². The van der Waals surface area contributed by atoms with Gasteiger partial charge < -0.3 is 25.0 Å². The number of hydrogen-bond acceptors (Lipinski definition) is 5. The predicted octanol–water partition coefficient (Wildman–Crippen LogP) is 1.53. The Morgan fingerprint density at radius 1 is 1.13 bits per heavy atom. The molecule has 3 heterocycles. The zero-order valence-corrected chi connectivity index (χ0v) is 16.8. The minimum atomic E-state index is -0.732. The Morgan fingerprint density at radius 2 is 1.94 bits per heavy atom. The summed E-state index contributed by atoms with van der Waals surface area (Å²) in [5.41, 5.74) is 1.79. The molecule has 4 rings (SSSR count). The highest BCUT2D eigenvalue weighted by atomic mass is 19.1. The van der Waals surface area contributed by atoms with Gasteiger partial charge in [0.2, 0.25) is 0 Å². The van der Waals surface area contributed by atoms with Gasteiger partial charge in [0.05, 0.1) is 38.7 Å². The molecule has 0 saturated carbocycles. The van der Waals surface area contributed by atoms with E-state index >= 15 is 0 Å². The first kappa shape index (κ1) is 21.2. The number of carbonyl (C=O) groups is 2. The summed E-state index contributed by atoms with van der Waals surface area (Å²) in [6, 6.07) is 2.15. The average Bonchev–Trinajstić information content (AvgIpc) is 3.15. The Balaban J connectivity index is 1.40. The zero-order chi connectivity index (χ0) is 21.8. The van der Waals surface area contributed by atoms with E-state index in [4.69, 9.17) is 9.47 Å². The van der Waals surface area contributed by atoms with Crippen molar-refractivity contribution in [2.24, 2.45) is 0 Å².